The maximum atomic E-state index is 13.7. The van der Waals surface area contributed by atoms with E-state index in [2.05, 4.69) is 48.5 Å². The van der Waals surface area contributed by atoms with E-state index in [-0.39, 0.29) is 18.2 Å². The van der Waals surface area contributed by atoms with Crippen molar-refractivity contribution in [3.63, 3.8) is 0 Å². The summed E-state index contributed by atoms with van der Waals surface area (Å²) in [5.74, 6) is -6.08. The number of carbonyl (C=O) groups is 4. The molecule has 0 spiro atoms. The van der Waals surface area contributed by atoms with Crippen LogP contribution in [-0.4, -0.2) is 62.5 Å². The van der Waals surface area contributed by atoms with Crippen LogP contribution in [0.25, 0.3) is 89.0 Å². The predicted molar refractivity (Wildman–Crippen MR) is 294 cm³/mol. The highest BCUT2D eigenvalue weighted by Gasteiger charge is 2.44. The second kappa shape index (κ2) is 16.6. The molecular formula is C68H46O10. The van der Waals surface area contributed by atoms with E-state index in [4.69, 9.17) is 18.9 Å². The van der Waals surface area contributed by atoms with E-state index in [9.17, 15) is 29.4 Å². The van der Waals surface area contributed by atoms with E-state index in [0.717, 1.165) is 117 Å². The van der Waals surface area contributed by atoms with Crippen molar-refractivity contribution in [2.75, 3.05) is 28.4 Å². The van der Waals surface area contributed by atoms with Gasteiger partial charge in [-0.1, -0.05) is 97.1 Å². The van der Waals surface area contributed by atoms with Gasteiger partial charge in [-0.3, -0.25) is 19.2 Å². The zero-order valence-electron chi connectivity index (χ0n) is 42.6. The van der Waals surface area contributed by atoms with Gasteiger partial charge in [0.2, 0.25) is 0 Å². The molecule has 6 aliphatic carbocycles. The molecule has 6 atom stereocenters. The van der Waals surface area contributed by atoms with Crippen LogP contribution in [0.1, 0.15) is 103 Å². The van der Waals surface area contributed by atoms with Crippen LogP contribution in [0.5, 0.6) is 0 Å². The minimum Gasteiger partial charge on any atom is -0.481 e. The van der Waals surface area contributed by atoms with Gasteiger partial charge in [0.1, 0.15) is 35.9 Å². The summed E-state index contributed by atoms with van der Waals surface area (Å²) in [6.07, 6.45) is -0.448. The quantitative estimate of drug-likeness (QED) is 0.141. The summed E-state index contributed by atoms with van der Waals surface area (Å²) in [5, 5.41) is 22.0. The standard InChI is InChI=1S/C68H46O10/c1-75-63-41-12-8-6-10-36(41)48-29-58-52(30-57(48)63)46-24-34(16-20-42(46)64(58)76-2)32-14-18-39-44(22-32)50-27-53-49(26-54(50)60(39)66(71)72)43-21-31(13-17-38(43)59(53)65(69)70)33-15-19-40-45(23-33)51-28-55-47(25-56(51)62(40)68(74)78-4)35-9-5-7-11-37(35)61(55)67(73)77-3/h5-30,59-64H,1-4H3,(H,69,70)(H,71,72). The van der Waals surface area contributed by atoms with E-state index in [1.54, 1.807) is 14.2 Å². The maximum absolute atomic E-state index is 13.7. The smallest absolute Gasteiger partial charge is 0.317 e. The summed E-state index contributed by atoms with van der Waals surface area (Å²) in [7, 11) is 6.25. The van der Waals surface area contributed by atoms with E-state index >= 15 is 0 Å². The van der Waals surface area contributed by atoms with Gasteiger partial charge < -0.3 is 29.2 Å². The second-order valence-electron chi connectivity index (χ2n) is 21.1. The average molecular weight is 1020 g/mol. The molecule has 9 aromatic rings. The van der Waals surface area contributed by atoms with Crippen LogP contribution in [0.2, 0.25) is 0 Å². The molecule has 0 radical (unpaired) electrons. The average Bonchev–Trinajstić information content (AvgIpc) is 4.41. The van der Waals surface area contributed by atoms with Gasteiger partial charge in [0.15, 0.2) is 0 Å². The largest absolute Gasteiger partial charge is 0.481 e. The second-order valence-corrected chi connectivity index (χ2v) is 21.1. The topological polar surface area (TPSA) is 146 Å². The number of hydrogen-bond donors (Lipinski definition) is 2. The van der Waals surface area contributed by atoms with Crippen LogP contribution in [0, 0.1) is 0 Å². The number of hydrogen-bond acceptors (Lipinski definition) is 8. The zero-order valence-corrected chi connectivity index (χ0v) is 42.6. The van der Waals surface area contributed by atoms with Gasteiger partial charge in [0.05, 0.1) is 14.2 Å². The third kappa shape index (κ3) is 6.15. The Morgan fingerprint density at radius 2 is 0.564 bits per heavy atom. The highest BCUT2D eigenvalue weighted by atomic mass is 16.5. The van der Waals surface area contributed by atoms with Gasteiger partial charge in [-0.15, -0.1) is 0 Å². The number of rotatable bonds is 8. The van der Waals surface area contributed by atoms with Crippen LogP contribution in [-0.2, 0) is 38.1 Å². The van der Waals surface area contributed by atoms with Crippen LogP contribution in [0.4, 0.5) is 0 Å². The Bertz CT molecular complexity index is 4260. The highest BCUT2D eigenvalue weighted by Crippen LogP contribution is 2.58. The SMILES string of the molecule is COC(=O)C1c2ccccc2-c2cc3c(cc21)-c1cc(-c2ccc4c(c2)-c2cc5c(cc2C4C(=O)O)-c2cc(-c4ccc6c(c4)-c4cc7c(cc4C6OC)-c4ccccc4C7OC)ccc2C5C(=O)O)ccc1C3C(=O)OC. The van der Waals surface area contributed by atoms with Crippen molar-refractivity contribution >= 4 is 23.9 Å². The third-order valence-corrected chi connectivity index (χ3v) is 17.7. The molecule has 0 aromatic heterocycles. The third-order valence-electron chi connectivity index (χ3n) is 17.7. The highest BCUT2D eigenvalue weighted by molar-refractivity contribution is 6.03. The van der Waals surface area contributed by atoms with Gasteiger partial charge in [0, 0.05) is 14.2 Å². The number of esters is 2. The molecule has 6 unspecified atom stereocenters. The summed E-state index contributed by atoms with van der Waals surface area (Å²) < 4.78 is 23.0. The molecule has 6 aliphatic rings. The minimum absolute atomic E-state index is 0.190. The Labute approximate surface area is 448 Å². The van der Waals surface area contributed by atoms with E-state index < -0.39 is 41.6 Å². The fraction of sp³-hybridized carbons (Fsp3) is 0.147. The first kappa shape index (κ1) is 46.1. The molecule has 0 saturated carbocycles. The molecule has 0 saturated heterocycles. The van der Waals surface area contributed by atoms with Crippen molar-refractivity contribution < 1.29 is 48.3 Å². The number of fused-ring (bicyclic) bond motifs is 18. The fourth-order valence-corrected chi connectivity index (χ4v) is 14.3. The van der Waals surface area contributed by atoms with Crippen LogP contribution in [0.15, 0.2) is 158 Å². The van der Waals surface area contributed by atoms with Crippen LogP contribution < -0.4 is 0 Å². The Balaban J connectivity index is 0.816. The molecule has 0 bridgehead atoms. The number of benzene rings is 9. The number of methoxy groups -OCH3 is 4. The van der Waals surface area contributed by atoms with Crippen molar-refractivity contribution in [3.8, 4) is 89.0 Å². The van der Waals surface area contributed by atoms with Crippen LogP contribution >= 0.6 is 0 Å². The molecule has 10 nitrogen and oxygen atoms in total. The molecule has 0 heterocycles. The van der Waals surface area contributed by atoms with Crippen molar-refractivity contribution in [3.05, 3.63) is 224 Å². The predicted octanol–water partition coefficient (Wildman–Crippen LogP) is 13.4. The number of carboxylic acids is 2. The summed E-state index contributed by atoms with van der Waals surface area (Å²) in [5.41, 5.74) is 24.3. The minimum atomic E-state index is -1.01. The lowest BCUT2D eigenvalue weighted by atomic mass is 9.91. The molecule has 0 amide bonds. The molecule has 378 valence electrons. The van der Waals surface area contributed by atoms with Gasteiger partial charge >= 0.3 is 23.9 Å². The summed E-state index contributed by atoms with van der Waals surface area (Å²) in [4.78, 5) is 53.9. The van der Waals surface area contributed by atoms with Gasteiger partial charge in [0.25, 0.3) is 0 Å². The van der Waals surface area contributed by atoms with Gasteiger partial charge in [-0.25, -0.2) is 0 Å². The fourth-order valence-electron chi connectivity index (χ4n) is 14.3. The maximum Gasteiger partial charge on any atom is 0.317 e. The molecule has 9 aromatic carbocycles. The molecule has 78 heavy (non-hydrogen) atoms. The first-order valence-electron chi connectivity index (χ1n) is 26.0. The van der Waals surface area contributed by atoms with Crippen molar-refractivity contribution in [1.82, 2.24) is 0 Å². The molecule has 0 fully saturated rings. The monoisotopic (exact) mass is 1020 g/mol. The van der Waals surface area contributed by atoms with Crippen molar-refractivity contribution in [2.24, 2.45) is 0 Å². The Morgan fingerprint density at radius 3 is 0.974 bits per heavy atom. The number of aliphatic carboxylic acids is 2. The van der Waals surface area contributed by atoms with Crippen LogP contribution in [0.3, 0.4) is 0 Å². The summed E-state index contributed by atoms with van der Waals surface area (Å²) >= 11 is 0. The van der Waals surface area contributed by atoms with Gasteiger partial charge in [-0.2, -0.15) is 0 Å². The lowest BCUT2D eigenvalue weighted by molar-refractivity contribution is -0.142. The summed E-state index contributed by atoms with van der Waals surface area (Å²) in [6.45, 7) is 0. The number of carboxylic acid groups (broad SMARTS) is 2. The van der Waals surface area contributed by atoms with E-state index in [0.29, 0.717) is 38.9 Å². The number of carbonyl (C=O) groups excluding carboxylic acids is 2. The van der Waals surface area contributed by atoms with Gasteiger partial charge in [-0.05, 0) is 216 Å². The molecule has 10 heteroatoms. The lowest BCUT2D eigenvalue weighted by Gasteiger charge is -2.14. The first-order chi connectivity index (χ1) is 38.0. The zero-order chi connectivity index (χ0) is 53.2. The molecule has 15 rings (SSSR count). The number of ether oxygens (including phenoxy) is 4. The normalized spacial score (nSPS) is 19.2. The Morgan fingerprint density at radius 1 is 0.295 bits per heavy atom. The Kier molecular flexibility index (Phi) is 9.84. The molecule has 0 aliphatic heterocycles. The van der Waals surface area contributed by atoms with E-state index in [1.807, 2.05) is 109 Å². The van der Waals surface area contributed by atoms with E-state index in [1.165, 1.54) is 14.2 Å². The Hall–Kier alpha value is -9.22. The lowest BCUT2D eigenvalue weighted by Crippen LogP contribution is -2.14. The molecular weight excluding hydrogens is 977 g/mol. The van der Waals surface area contributed by atoms with Crippen molar-refractivity contribution in [1.29, 1.82) is 0 Å². The molecule has 2 N–H and O–H groups in total. The first-order valence-corrected chi connectivity index (χ1v) is 26.0. The summed E-state index contributed by atoms with van der Waals surface area (Å²) in [6, 6.07) is 52.5. The van der Waals surface area contributed by atoms with Crippen molar-refractivity contribution in [2.45, 2.75) is 35.9 Å².